The number of aryl methyl sites for hydroxylation is 2. The first-order valence-corrected chi connectivity index (χ1v) is 8.08. The van der Waals surface area contributed by atoms with Crippen LogP contribution in [0.25, 0.3) is 11.1 Å². The number of aromatic nitrogens is 3. The third-order valence-electron chi connectivity index (χ3n) is 4.30. The van der Waals surface area contributed by atoms with Gasteiger partial charge in [-0.15, -0.1) is 0 Å². The van der Waals surface area contributed by atoms with Crippen LogP contribution in [-0.2, 0) is 0 Å². The molecule has 0 bridgehead atoms. The van der Waals surface area contributed by atoms with E-state index in [9.17, 15) is 8.78 Å². The lowest BCUT2D eigenvalue weighted by molar-refractivity contribution is 0.528. The lowest BCUT2D eigenvalue weighted by Crippen LogP contribution is -2.47. The monoisotopic (exact) mass is 345 g/mol. The van der Waals surface area contributed by atoms with Crippen molar-refractivity contribution in [3.8, 4) is 0 Å². The van der Waals surface area contributed by atoms with Gasteiger partial charge in [0.15, 0.2) is 17.2 Å². The second kappa shape index (κ2) is 5.94. The Morgan fingerprint density at radius 1 is 0.960 bits per heavy atom. The Hall–Kier alpha value is -2.77. The van der Waals surface area contributed by atoms with E-state index in [1.807, 2.05) is 9.80 Å². The predicted molar refractivity (Wildman–Crippen MR) is 89.9 cm³/mol. The summed E-state index contributed by atoms with van der Waals surface area (Å²) in [5, 5.41) is 0. The van der Waals surface area contributed by atoms with Crippen LogP contribution in [0.1, 0.15) is 11.5 Å². The molecule has 0 saturated carbocycles. The first-order valence-electron chi connectivity index (χ1n) is 8.08. The Morgan fingerprint density at radius 2 is 1.68 bits per heavy atom. The number of piperazine rings is 1. The molecule has 130 valence electrons. The molecule has 0 unspecified atom stereocenters. The first-order chi connectivity index (χ1) is 12.0. The van der Waals surface area contributed by atoms with Crippen LogP contribution in [0.3, 0.4) is 0 Å². The number of nitrogens with zero attached hydrogens (tertiary/aromatic N) is 5. The van der Waals surface area contributed by atoms with Gasteiger partial charge >= 0.3 is 0 Å². The topological polar surface area (TPSA) is 58.3 Å². The van der Waals surface area contributed by atoms with Gasteiger partial charge in [0.25, 0.3) is 6.01 Å². The van der Waals surface area contributed by atoms with Gasteiger partial charge in [-0.2, -0.15) is 4.98 Å². The van der Waals surface area contributed by atoms with Crippen molar-refractivity contribution >= 4 is 22.9 Å². The van der Waals surface area contributed by atoms with Crippen LogP contribution in [0.5, 0.6) is 0 Å². The standard InChI is InChI=1S/C17H17F2N5O/c1-10-15(19)16(21-11(2)20-10)23-5-7-24(8-6-23)17-22-13-4-3-12(18)9-14(13)25-17/h3-4,9H,5-8H2,1-2H3. The van der Waals surface area contributed by atoms with Crippen LogP contribution in [-0.4, -0.2) is 41.1 Å². The van der Waals surface area contributed by atoms with Crippen molar-refractivity contribution in [1.82, 2.24) is 15.0 Å². The fourth-order valence-electron chi connectivity index (χ4n) is 3.02. The van der Waals surface area contributed by atoms with Crippen molar-refractivity contribution in [3.05, 3.63) is 41.4 Å². The maximum absolute atomic E-state index is 14.3. The van der Waals surface area contributed by atoms with Gasteiger partial charge in [0.2, 0.25) is 0 Å². The van der Waals surface area contributed by atoms with Crippen LogP contribution < -0.4 is 9.80 Å². The molecule has 0 radical (unpaired) electrons. The Labute approximate surface area is 143 Å². The zero-order chi connectivity index (χ0) is 17.6. The number of anilines is 2. The molecule has 1 aliphatic rings. The fourth-order valence-corrected chi connectivity index (χ4v) is 3.02. The van der Waals surface area contributed by atoms with E-state index >= 15 is 0 Å². The van der Waals surface area contributed by atoms with E-state index in [2.05, 4.69) is 15.0 Å². The van der Waals surface area contributed by atoms with E-state index in [1.54, 1.807) is 19.9 Å². The molecule has 3 aromatic rings. The molecule has 0 aliphatic carbocycles. The van der Waals surface area contributed by atoms with Gasteiger partial charge in [-0.3, -0.25) is 0 Å². The maximum Gasteiger partial charge on any atom is 0.298 e. The van der Waals surface area contributed by atoms with Crippen LogP contribution in [0, 0.1) is 25.5 Å². The molecule has 6 nitrogen and oxygen atoms in total. The molecule has 8 heteroatoms. The SMILES string of the molecule is Cc1nc(C)c(F)c(N2CCN(c3nc4ccc(F)cc4o3)CC2)n1. The third kappa shape index (κ3) is 2.88. The minimum Gasteiger partial charge on any atom is -0.423 e. The van der Waals surface area contributed by atoms with Crippen LogP contribution >= 0.6 is 0 Å². The smallest absolute Gasteiger partial charge is 0.298 e. The summed E-state index contributed by atoms with van der Waals surface area (Å²) >= 11 is 0. The number of oxazole rings is 1. The van der Waals surface area contributed by atoms with E-state index in [-0.39, 0.29) is 11.6 Å². The molecule has 25 heavy (non-hydrogen) atoms. The second-order valence-electron chi connectivity index (χ2n) is 6.08. The van der Waals surface area contributed by atoms with E-state index in [4.69, 9.17) is 4.42 Å². The van der Waals surface area contributed by atoms with Gasteiger partial charge in [-0.25, -0.2) is 18.7 Å². The Kier molecular flexibility index (Phi) is 3.74. The molecule has 1 saturated heterocycles. The number of hydrogen-bond donors (Lipinski definition) is 0. The van der Waals surface area contributed by atoms with Gasteiger partial charge in [0.05, 0.1) is 5.69 Å². The van der Waals surface area contributed by atoms with Gasteiger partial charge in [0.1, 0.15) is 17.2 Å². The zero-order valence-electron chi connectivity index (χ0n) is 14.0. The van der Waals surface area contributed by atoms with Crippen LogP contribution in [0.15, 0.2) is 22.6 Å². The van der Waals surface area contributed by atoms with Crippen molar-refractivity contribution in [3.63, 3.8) is 0 Å². The Balaban J connectivity index is 1.53. The summed E-state index contributed by atoms with van der Waals surface area (Å²) < 4.78 is 33.2. The molecule has 4 rings (SSSR count). The first kappa shape index (κ1) is 15.7. The highest BCUT2D eigenvalue weighted by molar-refractivity contribution is 5.74. The Bertz CT molecular complexity index is 934. The molecule has 1 fully saturated rings. The van der Waals surface area contributed by atoms with Crippen molar-refractivity contribution in [2.45, 2.75) is 13.8 Å². The van der Waals surface area contributed by atoms with Crippen molar-refractivity contribution in [2.24, 2.45) is 0 Å². The summed E-state index contributed by atoms with van der Waals surface area (Å²) in [5.41, 5.74) is 1.39. The average molecular weight is 345 g/mol. The molecule has 0 atom stereocenters. The molecular weight excluding hydrogens is 328 g/mol. The van der Waals surface area contributed by atoms with Crippen molar-refractivity contribution in [1.29, 1.82) is 0 Å². The highest BCUT2D eigenvalue weighted by Crippen LogP contribution is 2.25. The van der Waals surface area contributed by atoms with Gasteiger partial charge < -0.3 is 14.2 Å². The number of hydrogen-bond acceptors (Lipinski definition) is 6. The predicted octanol–water partition coefficient (Wildman–Crippen LogP) is 2.84. The summed E-state index contributed by atoms with van der Waals surface area (Å²) in [6.45, 7) is 5.78. The van der Waals surface area contributed by atoms with Crippen LogP contribution in [0.4, 0.5) is 20.6 Å². The lowest BCUT2D eigenvalue weighted by atomic mass is 10.3. The summed E-state index contributed by atoms with van der Waals surface area (Å²) in [6, 6.07) is 4.73. The molecule has 1 aromatic carbocycles. The van der Waals surface area contributed by atoms with Crippen LogP contribution in [0.2, 0.25) is 0 Å². The lowest BCUT2D eigenvalue weighted by Gasteiger charge is -2.34. The molecular formula is C17H17F2N5O. The van der Waals surface area contributed by atoms with E-state index in [0.717, 1.165) is 0 Å². The molecule has 1 aliphatic heterocycles. The molecule has 0 amide bonds. The number of halogens is 2. The Morgan fingerprint density at radius 3 is 2.44 bits per heavy atom. The summed E-state index contributed by atoms with van der Waals surface area (Å²) in [6.07, 6.45) is 0. The molecule has 3 heterocycles. The van der Waals surface area contributed by atoms with Crippen molar-refractivity contribution in [2.75, 3.05) is 36.0 Å². The number of fused-ring (bicyclic) bond motifs is 1. The molecule has 0 N–H and O–H groups in total. The molecule has 2 aromatic heterocycles. The fraction of sp³-hybridized carbons (Fsp3) is 0.353. The molecule has 0 spiro atoms. The number of benzene rings is 1. The average Bonchev–Trinajstić information content (AvgIpc) is 3.01. The third-order valence-corrected chi connectivity index (χ3v) is 4.30. The highest BCUT2D eigenvalue weighted by atomic mass is 19.1. The van der Waals surface area contributed by atoms with Gasteiger partial charge in [0, 0.05) is 32.2 Å². The number of rotatable bonds is 2. The van der Waals surface area contributed by atoms with E-state index in [1.165, 1.54) is 12.1 Å². The van der Waals surface area contributed by atoms with Gasteiger partial charge in [-0.05, 0) is 26.0 Å². The zero-order valence-corrected chi connectivity index (χ0v) is 14.0. The second-order valence-corrected chi connectivity index (χ2v) is 6.08. The van der Waals surface area contributed by atoms with E-state index in [0.29, 0.717) is 60.6 Å². The summed E-state index contributed by atoms with van der Waals surface area (Å²) in [5.74, 6) is 0.156. The summed E-state index contributed by atoms with van der Waals surface area (Å²) in [4.78, 5) is 16.5. The minimum atomic E-state index is -0.378. The highest BCUT2D eigenvalue weighted by Gasteiger charge is 2.24. The largest absolute Gasteiger partial charge is 0.423 e. The minimum absolute atomic E-state index is 0.337. The maximum atomic E-state index is 14.3. The van der Waals surface area contributed by atoms with Gasteiger partial charge in [-0.1, -0.05) is 0 Å². The quantitative estimate of drug-likeness (QED) is 0.712. The van der Waals surface area contributed by atoms with Crippen molar-refractivity contribution < 1.29 is 13.2 Å². The van der Waals surface area contributed by atoms with E-state index < -0.39 is 0 Å². The summed E-state index contributed by atoms with van der Waals surface area (Å²) in [7, 11) is 0. The normalized spacial score (nSPS) is 15.2.